The molecule has 0 bridgehead atoms. The van der Waals surface area contributed by atoms with Crippen LogP contribution in [0.5, 0.6) is 5.75 Å². The van der Waals surface area contributed by atoms with Gasteiger partial charge < -0.3 is 20.7 Å². The van der Waals surface area contributed by atoms with Gasteiger partial charge in [-0.1, -0.05) is 11.6 Å². The van der Waals surface area contributed by atoms with E-state index in [4.69, 9.17) is 22.1 Å². The molecule has 2 heterocycles. The second-order valence-corrected chi connectivity index (χ2v) is 8.91. The lowest BCUT2D eigenvalue weighted by Crippen LogP contribution is -2.40. The van der Waals surface area contributed by atoms with E-state index in [1.165, 1.54) is 58.4 Å². The Kier molecular flexibility index (Phi) is 11.6. The summed E-state index contributed by atoms with van der Waals surface area (Å²) in [5.41, 5.74) is 6.78. The van der Waals surface area contributed by atoms with Crippen LogP contribution in [-0.2, 0) is 3.84 Å². The van der Waals surface area contributed by atoms with Crippen LogP contribution in [0.1, 0.15) is 48.9 Å². The van der Waals surface area contributed by atoms with E-state index >= 15 is 0 Å². The van der Waals surface area contributed by atoms with E-state index in [9.17, 15) is 4.79 Å². The van der Waals surface area contributed by atoms with Gasteiger partial charge >= 0.3 is 0 Å². The molecule has 0 atom stereocenters. The van der Waals surface area contributed by atoms with Crippen molar-refractivity contribution in [2.45, 2.75) is 38.5 Å². The number of Topliss-reactive ketones (excluding diaryl/α,β-unsaturated/α-hetero) is 1. The highest BCUT2D eigenvalue weighted by molar-refractivity contribution is 6.33. The largest absolute Gasteiger partial charge is 0.496 e. The van der Waals surface area contributed by atoms with E-state index < -0.39 is 0 Å². The molecule has 0 spiro atoms. The van der Waals surface area contributed by atoms with Gasteiger partial charge in [-0.2, -0.15) is 3.84 Å². The van der Waals surface area contributed by atoms with Crippen molar-refractivity contribution in [3.8, 4) is 5.75 Å². The van der Waals surface area contributed by atoms with Crippen LogP contribution in [0.3, 0.4) is 0 Å². The molecule has 0 unspecified atom stereocenters. The molecule has 1 aromatic carbocycles. The molecule has 2 aliphatic heterocycles. The summed E-state index contributed by atoms with van der Waals surface area (Å²) in [6, 6.07) is 3.27. The van der Waals surface area contributed by atoms with Crippen molar-refractivity contribution >= 4 is 46.8 Å². The third-order valence-corrected chi connectivity index (χ3v) is 6.41. The first-order chi connectivity index (χ1) is 14.5. The Balaban J connectivity index is 0.00000101. The molecule has 1 aromatic rings. The Bertz CT molecular complexity index is 664. The number of benzene rings is 1. The molecular weight excluding hydrogens is 449 g/mol. The van der Waals surface area contributed by atoms with Gasteiger partial charge in [-0.05, 0) is 76.2 Å². The topological polar surface area (TPSA) is 76.8 Å². The van der Waals surface area contributed by atoms with Crippen LogP contribution in [0.4, 0.5) is 5.69 Å². The Morgan fingerprint density at radius 3 is 2.40 bits per heavy atom. The Hall–Kier alpha value is -0.760. The summed E-state index contributed by atoms with van der Waals surface area (Å²) >= 11 is 14.6. The quantitative estimate of drug-likeness (QED) is 0.426. The number of ether oxygens (including phenoxy) is 1. The number of rotatable bonds is 7. The number of hydrogen-bond donors (Lipinski definition) is 2. The molecule has 0 amide bonds. The van der Waals surface area contributed by atoms with Gasteiger partial charge in [-0.3, -0.25) is 4.79 Å². The zero-order chi connectivity index (χ0) is 21.9. The van der Waals surface area contributed by atoms with Crippen LogP contribution >= 0.6 is 35.3 Å². The number of halogens is 3. The predicted octanol–water partition coefficient (Wildman–Crippen LogP) is 4.92. The number of anilines is 1. The van der Waals surface area contributed by atoms with Gasteiger partial charge in [-0.25, -0.2) is 0 Å². The predicted molar refractivity (Wildman–Crippen MR) is 124 cm³/mol. The first kappa shape index (κ1) is 25.5. The number of nitrogens with zero attached hydrogens (tertiary/aromatic N) is 1. The van der Waals surface area contributed by atoms with Crippen molar-refractivity contribution < 1.29 is 13.4 Å². The van der Waals surface area contributed by atoms with E-state index in [2.05, 4.69) is 37.8 Å². The van der Waals surface area contributed by atoms with Crippen LogP contribution < -0.4 is 15.8 Å². The summed E-state index contributed by atoms with van der Waals surface area (Å²) < 4.78 is 8.50. The number of nitrogen functional groups attached to an aromatic ring is 1. The minimum Gasteiger partial charge on any atom is -0.496 e. The molecular formula is C21H32Cl3N3O3. The fourth-order valence-electron chi connectivity index (χ4n) is 4.31. The molecule has 0 radical (unpaired) electrons. The van der Waals surface area contributed by atoms with Gasteiger partial charge in [0.2, 0.25) is 0 Å². The molecule has 9 heteroatoms. The monoisotopic (exact) mass is 479 g/mol. The minimum atomic E-state index is 0.0888. The number of nitrogens with one attached hydrogen (secondary N) is 1. The zero-order valence-electron chi connectivity index (χ0n) is 17.5. The Morgan fingerprint density at radius 2 is 1.80 bits per heavy atom. The van der Waals surface area contributed by atoms with E-state index in [1.807, 2.05) is 0 Å². The average Bonchev–Trinajstić information content (AvgIpc) is 2.76. The highest BCUT2D eigenvalue weighted by Crippen LogP contribution is 2.31. The maximum atomic E-state index is 12.7. The maximum Gasteiger partial charge on any atom is 0.166 e. The van der Waals surface area contributed by atoms with Gasteiger partial charge in [-0.15, -0.1) is 0 Å². The highest BCUT2D eigenvalue weighted by Gasteiger charge is 2.24. The van der Waals surface area contributed by atoms with Crippen molar-refractivity contribution in [3.05, 3.63) is 22.7 Å². The second kappa shape index (κ2) is 13.6. The van der Waals surface area contributed by atoms with Gasteiger partial charge in [0, 0.05) is 19.0 Å². The SMILES string of the molecule is COc1cc(N)c(Cl)cc1C(=O)CCC1CCN(CC2CCNCC2)CC1.ClOCl. The molecule has 2 saturated heterocycles. The zero-order valence-corrected chi connectivity index (χ0v) is 19.7. The van der Waals surface area contributed by atoms with E-state index in [-0.39, 0.29) is 5.78 Å². The molecule has 0 aliphatic carbocycles. The molecule has 0 aromatic heterocycles. The summed E-state index contributed by atoms with van der Waals surface area (Å²) in [5, 5.41) is 3.85. The van der Waals surface area contributed by atoms with Crippen LogP contribution in [0.2, 0.25) is 5.02 Å². The number of likely N-dealkylation sites (tertiary alicyclic amines) is 1. The molecule has 170 valence electrons. The molecule has 30 heavy (non-hydrogen) atoms. The molecule has 3 N–H and O–H groups in total. The summed E-state index contributed by atoms with van der Waals surface area (Å²) in [6.45, 7) is 5.91. The van der Waals surface area contributed by atoms with Crippen LogP contribution in [0.15, 0.2) is 12.1 Å². The van der Waals surface area contributed by atoms with Crippen molar-refractivity contribution in [2.24, 2.45) is 11.8 Å². The summed E-state index contributed by atoms with van der Waals surface area (Å²) in [7, 11) is 1.55. The number of ketones is 1. The molecule has 2 aliphatic rings. The minimum absolute atomic E-state index is 0.0888. The number of carbonyl (C=O) groups is 1. The third-order valence-electron chi connectivity index (χ3n) is 6.08. The Morgan fingerprint density at radius 1 is 1.17 bits per heavy atom. The fraction of sp³-hybridized carbons (Fsp3) is 0.667. The smallest absolute Gasteiger partial charge is 0.166 e. The summed E-state index contributed by atoms with van der Waals surface area (Å²) in [5.74, 6) is 2.09. The maximum absolute atomic E-state index is 12.7. The van der Waals surface area contributed by atoms with Crippen molar-refractivity contribution in [1.29, 1.82) is 0 Å². The molecule has 0 saturated carbocycles. The van der Waals surface area contributed by atoms with Gasteiger partial charge in [0.15, 0.2) is 5.78 Å². The molecule has 2 fully saturated rings. The van der Waals surface area contributed by atoms with Crippen molar-refractivity contribution in [1.82, 2.24) is 10.2 Å². The third kappa shape index (κ3) is 8.06. The Labute approximate surface area is 194 Å². The normalized spacial score (nSPS) is 18.5. The number of methoxy groups -OCH3 is 1. The molecule has 3 rings (SSSR count). The van der Waals surface area contributed by atoms with Crippen LogP contribution in [-0.4, -0.2) is 50.5 Å². The number of carbonyl (C=O) groups excluding carboxylic acids is 1. The number of piperidine rings is 2. The second-order valence-electron chi connectivity index (χ2n) is 8.03. The van der Waals surface area contributed by atoms with E-state index in [1.54, 1.807) is 19.2 Å². The fourth-order valence-corrected chi connectivity index (χ4v) is 4.48. The lowest BCUT2D eigenvalue weighted by molar-refractivity contribution is 0.0954. The number of nitrogens with two attached hydrogens (primary N) is 1. The number of hydrogen-bond acceptors (Lipinski definition) is 6. The van der Waals surface area contributed by atoms with Gasteiger partial charge in [0.1, 0.15) is 5.75 Å². The lowest BCUT2D eigenvalue weighted by atomic mass is 9.89. The van der Waals surface area contributed by atoms with Crippen LogP contribution in [0, 0.1) is 11.8 Å². The van der Waals surface area contributed by atoms with Gasteiger partial charge in [0.25, 0.3) is 0 Å². The van der Waals surface area contributed by atoms with Gasteiger partial charge in [0.05, 0.1) is 47.1 Å². The highest BCUT2D eigenvalue weighted by atomic mass is 35.6. The lowest BCUT2D eigenvalue weighted by Gasteiger charge is -2.35. The first-order valence-electron chi connectivity index (χ1n) is 10.5. The van der Waals surface area contributed by atoms with Crippen LogP contribution in [0.25, 0.3) is 0 Å². The first-order valence-corrected chi connectivity index (χ1v) is 11.5. The van der Waals surface area contributed by atoms with E-state index in [0.29, 0.717) is 34.4 Å². The summed E-state index contributed by atoms with van der Waals surface area (Å²) in [4.78, 5) is 15.3. The summed E-state index contributed by atoms with van der Waals surface area (Å²) in [6.07, 6.45) is 6.47. The average molecular weight is 481 g/mol. The van der Waals surface area contributed by atoms with E-state index in [0.717, 1.165) is 12.3 Å². The standard InChI is InChI=1S/C21H32ClN3O2.Cl2O/c1-27-21-13-19(23)18(22)12-17(21)20(26)3-2-15-6-10-25(11-7-15)14-16-4-8-24-9-5-16;1-3-2/h12-13,15-16,24H,2-11,14,23H2,1H3;. The molecule has 6 nitrogen and oxygen atoms in total. The van der Waals surface area contributed by atoms with Crippen molar-refractivity contribution in [2.75, 3.05) is 45.6 Å². The van der Waals surface area contributed by atoms with Crippen molar-refractivity contribution in [3.63, 3.8) is 0 Å².